The third-order valence-corrected chi connectivity index (χ3v) is 5.08. The quantitative estimate of drug-likeness (QED) is 0.597. The lowest BCUT2D eigenvalue weighted by molar-refractivity contribution is -0.135. The van der Waals surface area contributed by atoms with Gasteiger partial charge in [0.15, 0.2) is 0 Å². The van der Waals surface area contributed by atoms with Gasteiger partial charge in [0.1, 0.15) is 6.04 Å². The molecule has 3 aliphatic heterocycles. The number of nitrogens with zero attached hydrogens (tertiary/aromatic N) is 4. The molecule has 0 saturated carbocycles. The highest BCUT2D eigenvalue weighted by Crippen LogP contribution is 2.31. The number of carbonyl (C=O) groups is 2. The lowest BCUT2D eigenvalue weighted by Crippen LogP contribution is -2.51. The van der Waals surface area contributed by atoms with E-state index in [1.807, 2.05) is 19.0 Å². The molecule has 0 N–H and O–H groups in total. The van der Waals surface area contributed by atoms with Gasteiger partial charge in [0.2, 0.25) is 5.91 Å². The average Bonchev–Trinajstić information content (AvgIpc) is 3.04. The second-order valence-electron chi connectivity index (χ2n) is 6.28. The van der Waals surface area contributed by atoms with E-state index in [0.29, 0.717) is 19.0 Å². The van der Waals surface area contributed by atoms with Crippen LogP contribution in [0.5, 0.6) is 0 Å². The highest BCUT2D eigenvalue weighted by Gasteiger charge is 2.49. The van der Waals surface area contributed by atoms with Crippen molar-refractivity contribution in [3.8, 4) is 0 Å². The number of piperidine rings is 1. The third-order valence-electron chi connectivity index (χ3n) is 4.90. The lowest BCUT2D eigenvalue weighted by atomic mass is 10.00. The summed E-state index contributed by atoms with van der Waals surface area (Å²) < 4.78 is 4.84. The van der Waals surface area contributed by atoms with E-state index in [1.54, 1.807) is 4.90 Å². The lowest BCUT2D eigenvalue weighted by Gasteiger charge is -2.32. The van der Waals surface area contributed by atoms with Crippen LogP contribution in [0.25, 0.3) is 0 Å². The van der Waals surface area contributed by atoms with E-state index >= 15 is 0 Å². The van der Waals surface area contributed by atoms with Crippen LogP contribution in [0.3, 0.4) is 0 Å². The van der Waals surface area contributed by atoms with E-state index in [4.69, 9.17) is 4.28 Å². The van der Waals surface area contributed by atoms with Crippen LogP contribution >= 0.6 is 12.9 Å². The summed E-state index contributed by atoms with van der Waals surface area (Å²) >= 11 is 3.74. The van der Waals surface area contributed by atoms with Crippen molar-refractivity contribution in [1.29, 1.82) is 0 Å². The Hall–Kier alpha value is -0.990. The molecule has 8 heteroatoms. The Morgan fingerprint density at radius 2 is 2.05 bits per heavy atom. The van der Waals surface area contributed by atoms with E-state index in [-0.39, 0.29) is 24.0 Å². The second kappa shape index (κ2) is 5.66. The van der Waals surface area contributed by atoms with Crippen LogP contribution in [-0.4, -0.2) is 83.6 Å². The van der Waals surface area contributed by atoms with E-state index in [1.165, 1.54) is 5.06 Å². The van der Waals surface area contributed by atoms with Gasteiger partial charge in [-0.25, -0.2) is 9.08 Å². The van der Waals surface area contributed by atoms with Gasteiger partial charge in [-0.15, -0.1) is 0 Å². The van der Waals surface area contributed by atoms with Crippen molar-refractivity contribution in [2.75, 3.05) is 33.7 Å². The van der Waals surface area contributed by atoms with Gasteiger partial charge < -0.3 is 14.7 Å². The van der Waals surface area contributed by atoms with Crippen molar-refractivity contribution in [3.05, 3.63) is 0 Å². The van der Waals surface area contributed by atoms with Gasteiger partial charge in [0.05, 0.1) is 6.04 Å². The minimum absolute atomic E-state index is 0.0205. The maximum absolute atomic E-state index is 12.7. The van der Waals surface area contributed by atoms with E-state index in [9.17, 15) is 9.59 Å². The highest BCUT2D eigenvalue weighted by molar-refractivity contribution is 7.75. The maximum Gasteiger partial charge on any atom is 0.345 e. The van der Waals surface area contributed by atoms with Crippen LogP contribution in [0.2, 0.25) is 0 Å². The smallest absolute Gasteiger partial charge is 0.339 e. The number of hydrogen-bond donors (Lipinski definition) is 1. The molecule has 0 aromatic heterocycles. The fourth-order valence-corrected chi connectivity index (χ4v) is 3.77. The molecule has 3 fully saturated rings. The van der Waals surface area contributed by atoms with Gasteiger partial charge in [0.25, 0.3) is 0 Å². The summed E-state index contributed by atoms with van der Waals surface area (Å²) in [6.45, 7) is 2.08. The molecule has 0 spiro atoms. The minimum Gasteiger partial charge on any atom is -0.339 e. The summed E-state index contributed by atoms with van der Waals surface area (Å²) in [6, 6.07) is -0.152. The number of hydrogen-bond acceptors (Lipinski definition) is 5. The molecule has 118 valence electrons. The molecule has 3 rings (SSSR count). The van der Waals surface area contributed by atoms with Crippen LogP contribution < -0.4 is 0 Å². The Morgan fingerprint density at radius 3 is 2.67 bits per heavy atom. The highest BCUT2D eigenvalue weighted by atomic mass is 32.1. The van der Waals surface area contributed by atoms with E-state index in [0.717, 1.165) is 25.9 Å². The SMILES string of the molecule is CN(C)C1CCN(C(=O)[C@@H]2CC[C@@H]3CN2C(=O)N3OS)C1. The molecular formula is C13H22N4O3S. The Labute approximate surface area is 130 Å². The molecule has 0 radical (unpaired) electrons. The Morgan fingerprint density at radius 1 is 1.29 bits per heavy atom. The van der Waals surface area contributed by atoms with Gasteiger partial charge >= 0.3 is 6.03 Å². The first kappa shape index (κ1) is 14.9. The van der Waals surface area contributed by atoms with Crippen LogP contribution in [0.4, 0.5) is 4.79 Å². The molecule has 0 aromatic carbocycles. The first-order valence-corrected chi connectivity index (χ1v) is 7.76. The number of thiol groups is 1. The van der Waals surface area contributed by atoms with E-state index in [2.05, 4.69) is 17.8 Å². The van der Waals surface area contributed by atoms with Crippen LogP contribution in [0, 0.1) is 0 Å². The molecule has 0 aromatic rings. The number of hydroxylamine groups is 2. The first-order valence-electron chi connectivity index (χ1n) is 7.39. The average molecular weight is 314 g/mol. The number of fused-ring (bicyclic) bond motifs is 2. The molecular weight excluding hydrogens is 292 g/mol. The van der Waals surface area contributed by atoms with Gasteiger partial charge in [-0.3, -0.25) is 4.79 Å². The minimum atomic E-state index is -0.344. The molecule has 3 amide bonds. The van der Waals surface area contributed by atoms with Crippen LogP contribution in [-0.2, 0) is 9.08 Å². The van der Waals surface area contributed by atoms with Gasteiger partial charge in [-0.05, 0) is 33.4 Å². The van der Waals surface area contributed by atoms with Gasteiger partial charge in [0, 0.05) is 38.6 Å². The van der Waals surface area contributed by atoms with Crippen LogP contribution in [0.15, 0.2) is 0 Å². The fraction of sp³-hybridized carbons (Fsp3) is 0.846. The van der Waals surface area contributed by atoms with Crippen molar-refractivity contribution in [2.24, 2.45) is 0 Å². The normalized spacial score (nSPS) is 32.5. The summed E-state index contributed by atoms with van der Waals surface area (Å²) in [5, 5.41) is 1.28. The predicted molar refractivity (Wildman–Crippen MR) is 79.5 cm³/mol. The molecule has 3 aliphatic rings. The van der Waals surface area contributed by atoms with E-state index < -0.39 is 0 Å². The van der Waals surface area contributed by atoms with Crippen molar-refractivity contribution in [3.63, 3.8) is 0 Å². The summed E-state index contributed by atoms with van der Waals surface area (Å²) in [5.41, 5.74) is 0. The summed E-state index contributed by atoms with van der Waals surface area (Å²) in [5.74, 6) is 0.0761. The Bertz CT molecular complexity index is 447. The monoisotopic (exact) mass is 314 g/mol. The molecule has 2 bridgehead atoms. The standard InChI is InChI=1S/C13H22N4O3S/c1-14(2)9-5-6-15(7-9)12(18)11-4-3-10-8-16(11)13(19)17(10)20-21/h9-11,21H,3-8H2,1-2H3/t9?,10-,11+/m1/s1. The molecule has 3 saturated heterocycles. The molecule has 0 aliphatic carbocycles. The van der Waals surface area contributed by atoms with Crippen molar-refractivity contribution < 1.29 is 13.9 Å². The summed E-state index contributed by atoms with van der Waals surface area (Å²) in [6.07, 6.45) is 2.48. The third kappa shape index (κ3) is 2.49. The van der Waals surface area contributed by atoms with Crippen LogP contribution in [0.1, 0.15) is 19.3 Å². The zero-order valence-electron chi connectivity index (χ0n) is 12.4. The van der Waals surface area contributed by atoms with Crippen molar-refractivity contribution >= 4 is 24.8 Å². The zero-order chi connectivity index (χ0) is 15.1. The number of carbonyl (C=O) groups excluding carboxylic acids is 2. The van der Waals surface area contributed by atoms with Gasteiger partial charge in [-0.1, -0.05) is 0 Å². The topological polar surface area (TPSA) is 56.3 Å². The zero-order valence-corrected chi connectivity index (χ0v) is 13.3. The van der Waals surface area contributed by atoms with Gasteiger partial charge in [-0.2, -0.15) is 5.06 Å². The number of amides is 3. The summed E-state index contributed by atoms with van der Waals surface area (Å²) in [7, 11) is 4.07. The number of likely N-dealkylation sites (tertiary alicyclic amines) is 1. The largest absolute Gasteiger partial charge is 0.345 e. The number of likely N-dealkylation sites (N-methyl/N-ethyl adjacent to an activating group) is 1. The maximum atomic E-state index is 12.7. The molecule has 1 unspecified atom stereocenters. The molecule has 21 heavy (non-hydrogen) atoms. The predicted octanol–water partition coefficient (Wildman–Crippen LogP) is 0.194. The van der Waals surface area contributed by atoms with Crippen molar-refractivity contribution in [2.45, 2.75) is 37.4 Å². The molecule has 7 nitrogen and oxygen atoms in total. The Kier molecular flexibility index (Phi) is 4.02. The fourth-order valence-electron chi connectivity index (χ4n) is 3.57. The number of rotatable bonds is 3. The first-order chi connectivity index (χ1) is 10.0. The second-order valence-corrected chi connectivity index (χ2v) is 6.44. The molecule has 3 atom stereocenters. The molecule has 3 heterocycles. The Balaban J connectivity index is 1.68. The summed E-state index contributed by atoms with van der Waals surface area (Å²) in [4.78, 5) is 30.6. The van der Waals surface area contributed by atoms with Crippen molar-refractivity contribution in [1.82, 2.24) is 19.8 Å². The number of urea groups is 1.